The number of fused-ring (bicyclic) bond motifs is 4. The lowest BCUT2D eigenvalue weighted by Crippen LogP contribution is -2.36. The molecule has 0 aliphatic heterocycles. The first-order valence-corrected chi connectivity index (χ1v) is 17.7. The van der Waals surface area contributed by atoms with Crippen molar-refractivity contribution in [3.05, 3.63) is 99.9 Å². The smallest absolute Gasteiger partial charge is 0.293 e. The van der Waals surface area contributed by atoms with Crippen LogP contribution in [0.4, 0.5) is 30.7 Å². The second-order valence-corrected chi connectivity index (χ2v) is 15.5. The Labute approximate surface area is 296 Å². The second kappa shape index (κ2) is 13.0. The van der Waals surface area contributed by atoms with Crippen LogP contribution >= 0.6 is 0 Å². The Hall–Kier alpha value is -5.33. The van der Waals surface area contributed by atoms with E-state index in [1.54, 1.807) is 0 Å². The number of H-pyrrole nitrogens is 1. The maximum atomic E-state index is 15.2. The van der Waals surface area contributed by atoms with Crippen molar-refractivity contribution < 1.29 is 48.7 Å². The van der Waals surface area contributed by atoms with Gasteiger partial charge in [-0.1, -0.05) is 6.07 Å². The number of rotatable bonds is 11. The molecule has 19 heteroatoms. The van der Waals surface area contributed by atoms with Gasteiger partial charge in [0.15, 0.2) is 0 Å². The standard InChI is InChI=1S/C34H28F7N7O4S/c1-14(2)53(51,52)47-33(50)21-8-16(3-4-23(21)37)19-11-24-26(12-42-45-24)44-29(19)25(7-15-5-17(35)9-18(36)6-15)43-27(49)13-48-31-28(30(46-48)32(38)39)20-10-22(20)34(31,40)41/h3-6,8-9,11-12,14,20,22,25,32H,7,10,13H2,1-2H3,(H,42,45)(H,43,49)(H,47,50)/t20-,22?,25?/m0/s1. The van der Waals surface area contributed by atoms with E-state index in [0.717, 1.165) is 24.3 Å². The van der Waals surface area contributed by atoms with Crippen molar-refractivity contribution in [1.29, 1.82) is 0 Å². The minimum absolute atomic E-state index is 0.00904. The average Bonchev–Trinajstić information content (AvgIpc) is 3.48. The Balaban J connectivity index is 1.31. The number of nitrogens with zero attached hydrogens (tertiary/aromatic N) is 4. The Bertz CT molecular complexity index is 2390. The van der Waals surface area contributed by atoms with Crippen molar-refractivity contribution in [2.45, 2.75) is 62.8 Å². The molecule has 0 saturated heterocycles. The Kier molecular flexibility index (Phi) is 8.81. The highest BCUT2D eigenvalue weighted by Gasteiger charge is 2.67. The predicted octanol–water partition coefficient (Wildman–Crippen LogP) is 5.95. The van der Waals surface area contributed by atoms with Crippen molar-refractivity contribution in [3.63, 3.8) is 0 Å². The molecule has 0 spiro atoms. The fraction of sp³-hybridized carbons (Fsp3) is 0.324. The fourth-order valence-electron chi connectivity index (χ4n) is 6.69. The number of halogens is 7. The van der Waals surface area contributed by atoms with Gasteiger partial charge in [0, 0.05) is 23.1 Å². The monoisotopic (exact) mass is 763 g/mol. The van der Waals surface area contributed by atoms with Gasteiger partial charge in [-0.15, -0.1) is 0 Å². The summed E-state index contributed by atoms with van der Waals surface area (Å²) in [4.78, 5) is 31.2. The van der Waals surface area contributed by atoms with Gasteiger partial charge in [0.25, 0.3) is 18.3 Å². The zero-order chi connectivity index (χ0) is 38.1. The molecule has 3 atom stereocenters. The molecule has 0 bridgehead atoms. The number of hydrogen-bond acceptors (Lipinski definition) is 7. The SMILES string of the molecule is CC(C)S(=O)(=O)NC(=O)c1cc(-c2cc3[nH]ncc3nc2C(Cc2cc(F)cc(F)c2)NC(=O)Cn2nc(C(F)F)c3c2C(F)(F)C2C[C@H]32)ccc1F. The molecule has 0 radical (unpaired) electrons. The number of amides is 2. The molecular formula is C34H28F7N7O4S. The first kappa shape index (κ1) is 36.0. The maximum absolute atomic E-state index is 15.2. The van der Waals surface area contributed by atoms with Crippen LogP contribution in [0.1, 0.15) is 77.2 Å². The van der Waals surface area contributed by atoms with E-state index in [2.05, 4.69) is 25.6 Å². The first-order valence-electron chi connectivity index (χ1n) is 16.2. The molecule has 7 rings (SSSR count). The van der Waals surface area contributed by atoms with E-state index in [4.69, 9.17) is 0 Å². The molecule has 2 aliphatic rings. The largest absolute Gasteiger partial charge is 0.346 e. The summed E-state index contributed by atoms with van der Waals surface area (Å²) in [6, 6.07) is 5.88. The van der Waals surface area contributed by atoms with Crippen LogP contribution in [-0.2, 0) is 33.7 Å². The van der Waals surface area contributed by atoms with Gasteiger partial charge in [-0.05, 0) is 74.1 Å². The molecule has 5 aromatic rings. The molecule has 3 heterocycles. The summed E-state index contributed by atoms with van der Waals surface area (Å²) in [5, 5.41) is 11.9. The van der Waals surface area contributed by atoms with Crippen LogP contribution in [0.15, 0.2) is 48.7 Å². The highest BCUT2D eigenvalue weighted by atomic mass is 32.2. The molecule has 11 nitrogen and oxygen atoms in total. The van der Waals surface area contributed by atoms with Gasteiger partial charge in [-0.25, -0.2) is 40.1 Å². The van der Waals surface area contributed by atoms with Crippen molar-refractivity contribution in [1.82, 2.24) is 35.0 Å². The number of pyridine rings is 1. The number of nitrogens with one attached hydrogen (secondary N) is 3. The molecule has 1 fully saturated rings. The zero-order valence-corrected chi connectivity index (χ0v) is 28.4. The topological polar surface area (TPSA) is 152 Å². The minimum atomic E-state index is -4.18. The number of sulfonamides is 1. The van der Waals surface area contributed by atoms with Crippen LogP contribution in [-0.4, -0.2) is 50.4 Å². The Morgan fingerprint density at radius 1 is 1.04 bits per heavy atom. The number of carbonyl (C=O) groups excluding carboxylic acids is 2. The number of alkyl halides is 4. The lowest BCUT2D eigenvalue weighted by molar-refractivity contribution is -0.123. The van der Waals surface area contributed by atoms with Crippen LogP contribution in [0.25, 0.3) is 22.2 Å². The summed E-state index contributed by atoms with van der Waals surface area (Å²) in [7, 11) is -4.18. The summed E-state index contributed by atoms with van der Waals surface area (Å²) < 4.78 is 129. The van der Waals surface area contributed by atoms with E-state index in [1.807, 2.05) is 4.72 Å². The molecule has 3 N–H and O–H groups in total. The van der Waals surface area contributed by atoms with Gasteiger partial charge in [-0.2, -0.15) is 19.0 Å². The molecule has 2 amide bonds. The third-order valence-corrected chi connectivity index (χ3v) is 11.0. The normalized spacial score (nSPS) is 17.9. The average molecular weight is 764 g/mol. The maximum Gasteiger partial charge on any atom is 0.293 e. The predicted molar refractivity (Wildman–Crippen MR) is 174 cm³/mol. The summed E-state index contributed by atoms with van der Waals surface area (Å²) in [6.45, 7) is 1.68. The lowest BCUT2D eigenvalue weighted by Gasteiger charge is -2.23. The molecule has 2 unspecified atom stereocenters. The van der Waals surface area contributed by atoms with Gasteiger partial charge >= 0.3 is 0 Å². The van der Waals surface area contributed by atoms with Gasteiger partial charge in [0.1, 0.15) is 40.9 Å². The highest BCUT2D eigenvalue weighted by molar-refractivity contribution is 7.90. The number of aromatic amines is 1. The molecule has 2 aliphatic carbocycles. The third kappa shape index (κ3) is 6.61. The van der Waals surface area contributed by atoms with E-state index < -0.39 is 98.3 Å². The molecule has 53 heavy (non-hydrogen) atoms. The van der Waals surface area contributed by atoms with Crippen LogP contribution in [0.2, 0.25) is 0 Å². The number of hydrogen-bond donors (Lipinski definition) is 3. The van der Waals surface area contributed by atoms with Crippen molar-refractivity contribution in [2.24, 2.45) is 5.92 Å². The van der Waals surface area contributed by atoms with Gasteiger partial charge < -0.3 is 5.32 Å². The molecule has 1 saturated carbocycles. The van der Waals surface area contributed by atoms with E-state index in [0.29, 0.717) is 16.3 Å². The van der Waals surface area contributed by atoms with Gasteiger partial charge in [-0.3, -0.25) is 19.4 Å². The number of aromatic nitrogens is 5. The van der Waals surface area contributed by atoms with Gasteiger partial charge in [0.2, 0.25) is 15.9 Å². The highest BCUT2D eigenvalue weighted by Crippen LogP contribution is 2.68. The Morgan fingerprint density at radius 2 is 1.75 bits per heavy atom. The van der Waals surface area contributed by atoms with Crippen molar-refractivity contribution in [2.75, 3.05) is 0 Å². The summed E-state index contributed by atoms with van der Waals surface area (Å²) >= 11 is 0. The Morgan fingerprint density at radius 3 is 2.43 bits per heavy atom. The fourth-order valence-corrected chi connectivity index (χ4v) is 7.30. The lowest BCUT2D eigenvalue weighted by atomic mass is 9.94. The summed E-state index contributed by atoms with van der Waals surface area (Å²) in [5.74, 6) is -10.8. The third-order valence-electron chi connectivity index (χ3n) is 9.32. The van der Waals surface area contributed by atoms with Crippen LogP contribution < -0.4 is 10.0 Å². The van der Waals surface area contributed by atoms with E-state index in [-0.39, 0.29) is 46.3 Å². The molecule has 2 aromatic carbocycles. The quantitative estimate of drug-likeness (QED) is 0.141. The van der Waals surface area contributed by atoms with E-state index >= 15 is 13.2 Å². The van der Waals surface area contributed by atoms with Crippen LogP contribution in [0.3, 0.4) is 0 Å². The molecular weight excluding hydrogens is 735 g/mol. The van der Waals surface area contributed by atoms with Crippen molar-refractivity contribution >= 4 is 32.9 Å². The summed E-state index contributed by atoms with van der Waals surface area (Å²) in [6.07, 6.45) is -2.23. The second-order valence-electron chi connectivity index (χ2n) is 13.2. The van der Waals surface area contributed by atoms with E-state index in [1.165, 1.54) is 32.2 Å². The minimum Gasteiger partial charge on any atom is -0.346 e. The molecule has 3 aromatic heterocycles. The zero-order valence-electron chi connectivity index (χ0n) is 27.6. The summed E-state index contributed by atoms with van der Waals surface area (Å²) in [5.41, 5.74) is -1.86. The van der Waals surface area contributed by atoms with Crippen LogP contribution in [0, 0.1) is 23.4 Å². The van der Waals surface area contributed by atoms with E-state index in [9.17, 15) is 35.6 Å². The van der Waals surface area contributed by atoms with Gasteiger partial charge in [0.05, 0.1) is 34.3 Å². The van der Waals surface area contributed by atoms with Crippen LogP contribution in [0.5, 0.6) is 0 Å². The number of carbonyl (C=O) groups is 2. The number of benzene rings is 2. The van der Waals surface area contributed by atoms with Crippen molar-refractivity contribution in [3.8, 4) is 11.1 Å². The molecule has 278 valence electrons. The first-order chi connectivity index (χ1) is 24.9.